The topological polar surface area (TPSA) is 122 Å². The number of alkyl halides is 3. The molecule has 2 atom stereocenters. The van der Waals surface area contributed by atoms with Gasteiger partial charge in [0.2, 0.25) is 11.9 Å². The summed E-state index contributed by atoms with van der Waals surface area (Å²) in [6.45, 7) is 5.39. The number of rotatable bonds is 6. The molecule has 0 bridgehead atoms. The molecule has 10 nitrogen and oxygen atoms in total. The van der Waals surface area contributed by atoms with E-state index in [0.717, 1.165) is 19.2 Å². The Hall–Kier alpha value is -3.90. The fourth-order valence-electron chi connectivity index (χ4n) is 3.88. The molecule has 35 heavy (non-hydrogen) atoms. The number of pyridine rings is 1. The molecule has 186 valence electrons. The maximum absolute atomic E-state index is 13.5. The van der Waals surface area contributed by atoms with E-state index in [0.29, 0.717) is 12.2 Å². The van der Waals surface area contributed by atoms with Gasteiger partial charge < -0.3 is 19.8 Å². The number of nitrogens with one attached hydrogen (secondary N) is 2. The zero-order chi connectivity index (χ0) is 25.5. The molecule has 2 N–H and O–H groups in total. The molecule has 1 fully saturated rings. The number of H-pyrrole nitrogens is 1. The summed E-state index contributed by atoms with van der Waals surface area (Å²) < 4.78 is 50.3. The van der Waals surface area contributed by atoms with Gasteiger partial charge in [0, 0.05) is 11.6 Å². The normalized spacial score (nSPS) is 16.9. The van der Waals surface area contributed by atoms with Crippen LogP contribution < -0.4 is 20.5 Å². The molecular weight excluding hydrogens is 469 g/mol. The number of amides is 1. The molecule has 3 heterocycles. The molecule has 1 aliphatic heterocycles. The molecule has 2 aromatic heterocycles. The molecule has 0 aliphatic carbocycles. The van der Waals surface area contributed by atoms with Crippen molar-refractivity contribution in [2.45, 2.75) is 45.5 Å². The van der Waals surface area contributed by atoms with E-state index >= 15 is 0 Å². The molecule has 3 aromatic rings. The fourth-order valence-corrected chi connectivity index (χ4v) is 3.88. The van der Waals surface area contributed by atoms with Gasteiger partial charge in [-0.3, -0.25) is 4.79 Å². The molecule has 1 aliphatic rings. The maximum Gasteiger partial charge on any atom is 0.419 e. The zero-order valence-electron chi connectivity index (χ0n) is 19.4. The first-order valence-electron chi connectivity index (χ1n) is 10.8. The van der Waals surface area contributed by atoms with Crippen LogP contribution in [0.15, 0.2) is 23.0 Å². The number of nitrogens with zero attached hydrogens (tertiary/aromatic N) is 4. The van der Waals surface area contributed by atoms with Gasteiger partial charge in [0.05, 0.1) is 30.3 Å². The largest absolute Gasteiger partial charge is 0.496 e. The number of anilines is 2. The summed E-state index contributed by atoms with van der Waals surface area (Å²) in [5.41, 5.74) is -1.08. The molecule has 1 saturated heterocycles. The molecule has 1 aromatic carbocycles. The van der Waals surface area contributed by atoms with Gasteiger partial charge in [0.25, 0.3) is 5.56 Å². The lowest BCUT2D eigenvalue weighted by Gasteiger charge is -2.20. The third kappa shape index (κ3) is 4.70. The number of cyclic esters (lactones) is 1. The average Bonchev–Trinajstić information content (AvgIpc) is 3.17. The number of aryl methyl sites for hydroxylation is 1. The smallest absolute Gasteiger partial charge is 0.419 e. The predicted molar refractivity (Wildman–Crippen MR) is 121 cm³/mol. The highest BCUT2D eigenvalue weighted by molar-refractivity contribution is 5.88. The quantitative estimate of drug-likeness (QED) is 0.530. The van der Waals surface area contributed by atoms with Crippen molar-refractivity contribution in [3.63, 3.8) is 0 Å². The number of methoxy groups -OCH3 is 1. The third-order valence-electron chi connectivity index (χ3n) is 5.69. The number of hydrogen-bond donors (Lipinski definition) is 2. The van der Waals surface area contributed by atoms with Gasteiger partial charge in [-0.05, 0) is 37.8 Å². The first-order chi connectivity index (χ1) is 16.5. The van der Waals surface area contributed by atoms with E-state index in [1.807, 2.05) is 6.92 Å². The number of ether oxygens (including phenoxy) is 2. The van der Waals surface area contributed by atoms with Crippen LogP contribution in [-0.2, 0) is 10.9 Å². The maximum atomic E-state index is 13.5. The van der Waals surface area contributed by atoms with Crippen LogP contribution in [0.3, 0.4) is 0 Å². The minimum Gasteiger partial charge on any atom is -0.496 e. The van der Waals surface area contributed by atoms with Crippen LogP contribution in [0.4, 0.5) is 29.9 Å². The number of aromatic amines is 1. The average molecular weight is 492 g/mol. The summed E-state index contributed by atoms with van der Waals surface area (Å²) in [4.78, 5) is 41.6. The Kier molecular flexibility index (Phi) is 6.26. The minimum absolute atomic E-state index is 0.0970. The van der Waals surface area contributed by atoms with E-state index in [1.165, 1.54) is 11.0 Å². The van der Waals surface area contributed by atoms with E-state index in [2.05, 4.69) is 25.3 Å². The number of carbonyl (C=O) groups is 1. The van der Waals surface area contributed by atoms with Crippen LogP contribution >= 0.6 is 0 Å². The van der Waals surface area contributed by atoms with E-state index in [4.69, 9.17) is 9.47 Å². The second-order valence-electron chi connectivity index (χ2n) is 8.07. The molecular formula is C22H23F3N6O4. The van der Waals surface area contributed by atoms with Crippen molar-refractivity contribution in [2.24, 2.45) is 0 Å². The Labute approximate surface area is 197 Å². The first-order valence-corrected chi connectivity index (χ1v) is 10.8. The molecule has 4 rings (SSSR count). The fraction of sp³-hybridized carbons (Fsp3) is 0.409. The number of hydrogen-bond acceptors (Lipinski definition) is 8. The number of aromatic nitrogens is 4. The molecule has 0 unspecified atom stereocenters. The SMILES string of the molecule is CC[C@H]1COC(=O)N1c1nc(C)nc(N[C@@H](C)c2cc3cc(C(F)(F)F)c(OC)cc3[nH]c2=O)n1. The lowest BCUT2D eigenvalue weighted by Crippen LogP contribution is -2.35. The van der Waals surface area contributed by atoms with Crippen molar-refractivity contribution >= 4 is 28.9 Å². The number of fused-ring (bicyclic) bond motifs is 1. The second-order valence-corrected chi connectivity index (χ2v) is 8.07. The van der Waals surface area contributed by atoms with Crippen LogP contribution in [0.25, 0.3) is 10.9 Å². The van der Waals surface area contributed by atoms with Crippen LogP contribution in [0.2, 0.25) is 0 Å². The van der Waals surface area contributed by atoms with Gasteiger partial charge in [-0.25, -0.2) is 9.69 Å². The van der Waals surface area contributed by atoms with Gasteiger partial charge in [0.1, 0.15) is 18.2 Å². The van der Waals surface area contributed by atoms with Gasteiger partial charge in [0.15, 0.2) is 0 Å². The highest BCUT2D eigenvalue weighted by Gasteiger charge is 2.36. The number of benzene rings is 1. The van der Waals surface area contributed by atoms with Crippen LogP contribution in [0, 0.1) is 6.92 Å². The number of halogens is 3. The van der Waals surface area contributed by atoms with Crippen LogP contribution in [-0.4, -0.2) is 45.8 Å². The Balaban J connectivity index is 1.69. The summed E-state index contributed by atoms with van der Waals surface area (Å²) in [5, 5.41) is 3.16. The van der Waals surface area contributed by atoms with Crippen molar-refractivity contribution in [3.8, 4) is 5.75 Å². The molecule has 0 spiro atoms. The number of carbonyl (C=O) groups excluding carboxylic acids is 1. The molecule has 1 amide bonds. The van der Waals surface area contributed by atoms with Crippen LogP contribution in [0.1, 0.15) is 43.3 Å². The van der Waals surface area contributed by atoms with E-state index in [1.54, 1.807) is 13.8 Å². The molecule has 13 heteroatoms. The Morgan fingerprint density at radius 3 is 2.66 bits per heavy atom. The lowest BCUT2D eigenvalue weighted by atomic mass is 10.0. The highest BCUT2D eigenvalue weighted by Crippen LogP contribution is 2.38. The van der Waals surface area contributed by atoms with Gasteiger partial charge in [-0.1, -0.05) is 6.92 Å². The summed E-state index contributed by atoms with van der Waals surface area (Å²) in [6.07, 6.45) is -4.57. The summed E-state index contributed by atoms with van der Waals surface area (Å²) in [7, 11) is 1.13. The van der Waals surface area contributed by atoms with Crippen molar-refractivity contribution in [3.05, 3.63) is 45.5 Å². The lowest BCUT2D eigenvalue weighted by molar-refractivity contribution is -0.138. The second kappa shape index (κ2) is 9.04. The van der Waals surface area contributed by atoms with Crippen molar-refractivity contribution in [1.82, 2.24) is 19.9 Å². The molecule has 0 saturated carbocycles. The van der Waals surface area contributed by atoms with Gasteiger partial charge in [-0.2, -0.15) is 28.1 Å². The molecule has 0 radical (unpaired) electrons. The summed E-state index contributed by atoms with van der Waals surface area (Å²) in [5.74, 6) is 0.142. The first kappa shape index (κ1) is 24.2. The monoisotopic (exact) mass is 492 g/mol. The van der Waals surface area contributed by atoms with Crippen LogP contribution in [0.5, 0.6) is 5.75 Å². The predicted octanol–water partition coefficient (Wildman–Crippen LogP) is 3.96. The van der Waals surface area contributed by atoms with E-state index in [-0.39, 0.29) is 41.0 Å². The van der Waals surface area contributed by atoms with Crippen molar-refractivity contribution in [2.75, 3.05) is 23.9 Å². The minimum atomic E-state index is -4.63. The Morgan fingerprint density at radius 2 is 2.00 bits per heavy atom. The van der Waals surface area contributed by atoms with Gasteiger partial charge in [-0.15, -0.1) is 0 Å². The van der Waals surface area contributed by atoms with Crippen molar-refractivity contribution < 1.29 is 27.4 Å². The van der Waals surface area contributed by atoms with Crippen molar-refractivity contribution in [1.29, 1.82) is 0 Å². The van der Waals surface area contributed by atoms with E-state index < -0.39 is 35.2 Å². The third-order valence-corrected chi connectivity index (χ3v) is 5.69. The zero-order valence-corrected chi connectivity index (χ0v) is 19.4. The Bertz CT molecular complexity index is 1340. The van der Waals surface area contributed by atoms with E-state index in [9.17, 15) is 22.8 Å². The van der Waals surface area contributed by atoms with Gasteiger partial charge >= 0.3 is 12.3 Å². The standard InChI is InChI=1S/C22H23F3N6O4/c1-5-13-9-35-21(33)31(13)20-28-11(3)27-19(30-20)26-10(2)14-6-12-7-15(22(23,24)25)17(34-4)8-16(12)29-18(14)32/h6-8,10,13H,5,9H2,1-4H3,(H,29,32)(H,26,27,28,30)/t10-,13-/m0/s1. The highest BCUT2D eigenvalue weighted by atomic mass is 19.4. The Morgan fingerprint density at radius 1 is 1.26 bits per heavy atom. The summed E-state index contributed by atoms with van der Waals surface area (Å²) >= 11 is 0. The summed E-state index contributed by atoms with van der Waals surface area (Å²) in [6, 6.07) is 2.53.